The summed E-state index contributed by atoms with van der Waals surface area (Å²) in [5.41, 5.74) is 5.53. The van der Waals surface area contributed by atoms with Gasteiger partial charge in [-0.1, -0.05) is 6.92 Å². The molecule has 0 bridgehead atoms. The molecule has 0 heterocycles. The van der Waals surface area contributed by atoms with E-state index < -0.39 is 0 Å². The highest BCUT2D eigenvalue weighted by atomic mass is 14.9. The second-order valence-electron chi connectivity index (χ2n) is 6.03. The summed E-state index contributed by atoms with van der Waals surface area (Å²) in [6.07, 6.45) is 8.48. The minimum atomic E-state index is 0.794. The first-order chi connectivity index (χ1) is 7.81. The van der Waals surface area contributed by atoms with Crippen LogP contribution in [0.4, 0.5) is 0 Å². The monoisotopic (exact) mass is 224 g/mol. The predicted octanol–water partition coefficient (Wildman–Crippen LogP) is 2.39. The van der Waals surface area contributed by atoms with Gasteiger partial charge in [-0.05, 0) is 81.8 Å². The second kappa shape index (κ2) is 6.02. The van der Waals surface area contributed by atoms with Crippen molar-refractivity contribution >= 4 is 0 Å². The standard InChI is InChI=1S/C14H28N2/c1-11(3-2-8-15)9-16-10-14(12-4-5-12)13-6-7-13/h11-14,16H,2-10,15H2,1H3. The van der Waals surface area contributed by atoms with Gasteiger partial charge < -0.3 is 11.1 Å². The minimum absolute atomic E-state index is 0.794. The van der Waals surface area contributed by atoms with Crippen molar-refractivity contribution < 1.29 is 0 Å². The first kappa shape index (κ1) is 12.4. The van der Waals surface area contributed by atoms with E-state index in [0.29, 0.717) is 0 Å². The van der Waals surface area contributed by atoms with Crippen LogP contribution in [0.15, 0.2) is 0 Å². The third-order valence-corrected chi connectivity index (χ3v) is 4.23. The van der Waals surface area contributed by atoms with Crippen LogP contribution in [-0.4, -0.2) is 19.6 Å². The van der Waals surface area contributed by atoms with Crippen molar-refractivity contribution in [2.45, 2.75) is 45.4 Å². The van der Waals surface area contributed by atoms with Crippen molar-refractivity contribution in [3.05, 3.63) is 0 Å². The van der Waals surface area contributed by atoms with Crippen LogP contribution in [0, 0.1) is 23.7 Å². The summed E-state index contributed by atoms with van der Waals surface area (Å²) in [5.74, 6) is 3.98. The van der Waals surface area contributed by atoms with Crippen LogP contribution in [0.25, 0.3) is 0 Å². The summed E-state index contributed by atoms with van der Waals surface area (Å²) in [7, 11) is 0. The summed E-state index contributed by atoms with van der Waals surface area (Å²) in [5, 5.41) is 3.70. The average Bonchev–Trinajstić information content (AvgIpc) is 3.14. The molecule has 0 aromatic rings. The Morgan fingerprint density at radius 3 is 2.25 bits per heavy atom. The van der Waals surface area contributed by atoms with Gasteiger partial charge in [0.05, 0.1) is 0 Å². The maximum absolute atomic E-state index is 5.53. The Morgan fingerprint density at radius 2 is 1.75 bits per heavy atom. The van der Waals surface area contributed by atoms with E-state index in [1.165, 1.54) is 51.6 Å². The van der Waals surface area contributed by atoms with E-state index in [4.69, 9.17) is 5.73 Å². The summed E-state index contributed by atoms with van der Waals surface area (Å²) in [4.78, 5) is 0. The summed E-state index contributed by atoms with van der Waals surface area (Å²) in [6.45, 7) is 5.65. The van der Waals surface area contributed by atoms with Gasteiger partial charge in [-0.25, -0.2) is 0 Å². The molecule has 0 aromatic carbocycles. The van der Waals surface area contributed by atoms with Gasteiger partial charge in [0.25, 0.3) is 0 Å². The normalized spacial score (nSPS) is 22.7. The van der Waals surface area contributed by atoms with Crippen LogP contribution < -0.4 is 11.1 Å². The Labute approximate surface area is 100 Å². The molecular formula is C14H28N2. The number of hydrogen-bond donors (Lipinski definition) is 2. The topological polar surface area (TPSA) is 38.0 Å². The Kier molecular flexibility index (Phi) is 4.66. The van der Waals surface area contributed by atoms with E-state index in [2.05, 4.69) is 12.2 Å². The molecule has 1 atom stereocenters. The Bertz CT molecular complexity index is 185. The lowest BCUT2D eigenvalue weighted by Gasteiger charge is -2.18. The fourth-order valence-corrected chi connectivity index (χ4v) is 2.83. The van der Waals surface area contributed by atoms with E-state index in [-0.39, 0.29) is 0 Å². The Hall–Kier alpha value is -0.0800. The molecule has 2 nitrogen and oxygen atoms in total. The van der Waals surface area contributed by atoms with Crippen LogP contribution in [0.3, 0.4) is 0 Å². The largest absolute Gasteiger partial charge is 0.330 e. The first-order valence-electron chi connectivity index (χ1n) is 7.22. The van der Waals surface area contributed by atoms with Gasteiger partial charge in [0.2, 0.25) is 0 Å². The van der Waals surface area contributed by atoms with Crippen LogP contribution in [-0.2, 0) is 0 Å². The highest BCUT2D eigenvalue weighted by Gasteiger charge is 2.40. The van der Waals surface area contributed by atoms with Gasteiger partial charge in [-0.3, -0.25) is 0 Å². The lowest BCUT2D eigenvalue weighted by Crippen LogP contribution is -2.29. The minimum Gasteiger partial charge on any atom is -0.330 e. The molecule has 0 radical (unpaired) electrons. The number of hydrogen-bond acceptors (Lipinski definition) is 2. The molecule has 2 heteroatoms. The van der Waals surface area contributed by atoms with Gasteiger partial charge in [-0.15, -0.1) is 0 Å². The van der Waals surface area contributed by atoms with E-state index in [1.807, 2.05) is 0 Å². The third kappa shape index (κ3) is 4.06. The molecule has 0 amide bonds. The SMILES string of the molecule is CC(CCCN)CNCC(C1CC1)C1CC1. The molecule has 1 unspecified atom stereocenters. The lowest BCUT2D eigenvalue weighted by molar-refractivity contribution is 0.359. The van der Waals surface area contributed by atoms with Crippen molar-refractivity contribution in [3.8, 4) is 0 Å². The molecule has 2 aliphatic rings. The van der Waals surface area contributed by atoms with E-state index in [1.54, 1.807) is 0 Å². The molecule has 16 heavy (non-hydrogen) atoms. The molecule has 2 rings (SSSR count). The van der Waals surface area contributed by atoms with Gasteiger partial charge in [0.15, 0.2) is 0 Å². The number of nitrogens with one attached hydrogen (secondary N) is 1. The second-order valence-corrected chi connectivity index (χ2v) is 6.03. The average molecular weight is 224 g/mol. The molecule has 94 valence electrons. The van der Waals surface area contributed by atoms with Gasteiger partial charge >= 0.3 is 0 Å². The molecule has 2 fully saturated rings. The first-order valence-corrected chi connectivity index (χ1v) is 7.22. The zero-order valence-electron chi connectivity index (χ0n) is 10.8. The van der Waals surface area contributed by atoms with Crippen LogP contribution in [0.5, 0.6) is 0 Å². The predicted molar refractivity (Wildman–Crippen MR) is 69.3 cm³/mol. The fraction of sp³-hybridized carbons (Fsp3) is 1.00. The molecule has 0 aromatic heterocycles. The van der Waals surface area contributed by atoms with Gasteiger partial charge in [-0.2, -0.15) is 0 Å². The molecule has 0 aliphatic heterocycles. The third-order valence-electron chi connectivity index (χ3n) is 4.23. The Morgan fingerprint density at radius 1 is 1.12 bits per heavy atom. The van der Waals surface area contributed by atoms with Crippen LogP contribution in [0.2, 0.25) is 0 Å². The molecule has 3 N–H and O–H groups in total. The van der Waals surface area contributed by atoms with E-state index >= 15 is 0 Å². The lowest BCUT2D eigenvalue weighted by atomic mass is 9.97. The highest BCUT2D eigenvalue weighted by molar-refractivity contribution is 4.92. The highest BCUT2D eigenvalue weighted by Crippen LogP contribution is 2.48. The van der Waals surface area contributed by atoms with Crippen molar-refractivity contribution in [2.75, 3.05) is 19.6 Å². The quantitative estimate of drug-likeness (QED) is 0.631. The molecule has 2 aliphatic carbocycles. The number of rotatable bonds is 9. The van der Waals surface area contributed by atoms with Gasteiger partial charge in [0, 0.05) is 0 Å². The van der Waals surface area contributed by atoms with Crippen molar-refractivity contribution in [2.24, 2.45) is 29.4 Å². The van der Waals surface area contributed by atoms with Crippen molar-refractivity contribution in [3.63, 3.8) is 0 Å². The van der Waals surface area contributed by atoms with Crippen molar-refractivity contribution in [1.82, 2.24) is 5.32 Å². The summed E-state index contributed by atoms with van der Waals surface area (Å²) >= 11 is 0. The zero-order valence-corrected chi connectivity index (χ0v) is 10.8. The van der Waals surface area contributed by atoms with Gasteiger partial charge in [0.1, 0.15) is 0 Å². The molecule has 0 saturated heterocycles. The summed E-state index contributed by atoms with van der Waals surface area (Å²) in [6, 6.07) is 0. The number of nitrogens with two attached hydrogens (primary N) is 1. The zero-order chi connectivity index (χ0) is 11.4. The molecule has 0 spiro atoms. The smallest absolute Gasteiger partial charge is 0.00151 e. The summed E-state index contributed by atoms with van der Waals surface area (Å²) < 4.78 is 0. The molecular weight excluding hydrogens is 196 g/mol. The van der Waals surface area contributed by atoms with E-state index in [0.717, 1.165) is 30.2 Å². The maximum Gasteiger partial charge on any atom is -0.00151 e. The van der Waals surface area contributed by atoms with Crippen molar-refractivity contribution in [1.29, 1.82) is 0 Å². The Balaban J connectivity index is 1.55. The maximum atomic E-state index is 5.53. The molecule has 2 saturated carbocycles. The van der Waals surface area contributed by atoms with E-state index in [9.17, 15) is 0 Å². The fourth-order valence-electron chi connectivity index (χ4n) is 2.83. The van der Waals surface area contributed by atoms with Crippen LogP contribution >= 0.6 is 0 Å². The van der Waals surface area contributed by atoms with Crippen LogP contribution in [0.1, 0.15) is 45.4 Å².